The molecule has 1 amide bonds. The summed E-state index contributed by atoms with van der Waals surface area (Å²) in [7, 11) is 4.11. The van der Waals surface area contributed by atoms with Gasteiger partial charge in [0, 0.05) is 30.9 Å². The highest BCUT2D eigenvalue weighted by molar-refractivity contribution is 5.94. The van der Waals surface area contributed by atoms with Gasteiger partial charge in [-0.3, -0.25) is 9.78 Å². The van der Waals surface area contributed by atoms with Gasteiger partial charge in [-0.2, -0.15) is 0 Å². The first kappa shape index (κ1) is 17.4. The van der Waals surface area contributed by atoms with E-state index in [4.69, 9.17) is 4.74 Å². The molecule has 0 bridgehead atoms. The van der Waals surface area contributed by atoms with Gasteiger partial charge in [-0.15, -0.1) is 0 Å². The number of hydrogen-bond donors (Lipinski definition) is 0. The first-order chi connectivity index (χ1) is 12.1. The van der Waals surface area contributed by atoms with E-state index >= 15 is 0 Å². The maximum Gasteiger partial charge on any atom is 0.254 e. The Labute approximate surface area is 149 Å². The molecule has 1 fully saturated rings. The highest BCUT2D eigenvalue weighted by atomic mass is 16.5. The van der Waals surface area contributed by atoms with E-state index in [1.165, 1.54) is 6.42 Å². The highest BCUT2D eigenvalue weighted by Gasteiger charge is 2.27. The largest absolute Gasteiger partial charge is 0.456 e. The van der Waals surface area contributed by atoms with Crippen LogP contribution in [0.5, 0.6) is 11.5 Å². The summed E-state index contributed by atoms with van der Waals surface area (Å²) in [4.78, 5) is 21.1. The summed E-state index contributed by atoms with van der Waals surface area (Å²) in [5.41, 5.74) is 0.712. The Morgan fingerprint density at radius 1 is 1.20 bits per heavy atom. The highest BCUT2D eigenvalue weighted by Crippen LogP contribution is 2.23. The third-order valence-corrected chi connectivity index (χ3v) is 4.44. The number of piperidine rings is 1. The molecule has 1 atom stereocenters. The van der Waals surface area contributed by atoms with E-state index in [-0.39, 0.29) is 5.91 Å². The number of pyridine rings is 1. The average Bonchev–Trinajstić information content (AvgIpc) is 2.63. The fraction of sp³-hybridized carbons (Fsp3) is 0.400. The fourth-order valence-electron chi connectivity index (χ4n) is 3.25. The van der Waals surface area contributed by atoms with Crippen molar-refractivity contribution in [1.29, 1.82) is 0 Å². The third-order valence-electron chi connectivity index (χ3n) is 4.44. The van der Waals surface area contributed by atoms with Crippen molar-refractivity contribution in [3.05, 3.63) is 54.4 Å². The van der Waals surface area contributed by atoms with E-state index < -0.39 is 0 Å². The molecule has 1 saturated heterocycles. The third kappa shape index (κ3) is 4.57. The summed E-state index contributed by atoms with van der Waals surface area (Å²) < 4.78 is 5.74. The number of likely N-dealkylation sites (N-methyl/N-ethyl adjacent to an activating group) is 1. The molecule has 1 aliphatic heterocycles. The van der Waals surface area contributed by atoms with Crippen LogP contribution in [0, 0.1) is 0 Å². The van der Waals surface area contributed by atoms with Crippen LogP contribution in [0.25, 0.3) is 0 Å². The molecule has 0 unspecified atom stereocenters. The number of hydrogen-bond acceptors (Lipinski definition) is 4. The smallest absolute Gasteiger partial charge is 0.254 e. The van der Waals surface area contributed by atoms with Crippen molar-refractivity contribution < 1.29 is 9.53 Å². The average molecular weight is 339 g/mol. The van der Waals surface area contributed by atoms with Gasteiger partial charge in [0.05, 0.1) is 6.20 Å². The lowest BCUT2D eigenvalue weighted by Crippen LogP contribution is -2.48. The topological polar surface area (TPSA) is 45.7 Å². The second kappa shape index (κ2) is 8.12. The Balaban J connectivity index is 1.69. The first-order valence-corrected chi connectivity index (χ1v) is 8.77. The van der Waals surface area contributed by atoms with E-state index in [2.05, 4.69) is 24.0 Å². The Bertz CT molecular complexity index is 686. The molecular formula is C20H25N3O2. The molecular weight excluding hydrogens is 314 g/mol. The number of carbonyl (C=O) groups excluding carboxylic acids is 1. The van der Waals surface area contributed by atoms with Gasteiger partial charge < -0.3 is 14.5 Å². The predicted octanol–water partition coefficient (Wildman–Crippen LogP) is 3.43. The summed E-state index contributed by atoms with van der Waals surface area (Å²) in [6.45, 7) is 1.75. The van der Waals surface area contributed by atoms with Crippen molar-refractivity contribution in [3.8, 4) is 11.5 Å². The van der Waals surface area contributed by atoms with Crippen molar-refractivity contribution in [1.82, 2.24) is 14.8 Å². The van der Waals surface area contributed by atoms with Crippen molar-refractivity contribution in [2.24, 2.45) is 0 Å². The SMILES string of the molecule is CN(C)C[C@H]1CCCCN1C(=O)c1ccc(Oc2cccnc2)cc1. The van der Waals surface area contributed by atoms with E-state index in [0.29, 0.717) is 23.1 Å². The molecule has 0 radical (unpaired) electrons. The van der Waals surface area contributed by atoms with Crippen LogP contribution in [-0.4, -0.2) is 53.9 Å². The Kier molecular flexibility index (Phi) is 5.66. The van der Waals surface area contributed by atoms with Gasteiger partial charge in [0.1, 0.15) is 11.5 Å². The van der Waals surface area contributed by atoms with E-state index in [1.807, 2.05) is 41.3 Å². The van der Waals surface area contributed by atoms with E-state index in [1.54, 1.807) is 12.4 Å². The van der Waals surface area contributed by atoms with Crippen molar-refractivity contribution >= 4 is 5.91 Å². The van der Waals surface area contributed by atoms with Crippen LogP contribution in [0.15, 0.2) is 48.8 Å². The zero-order valence-corrected chi connectivity index (χ0v) is 14.9. The number of carbonyl (C=O) groups is 1. The molecule has 0 spiro atoms. The summed E-state index contributed by atoms with van der Waals surface area (Å²) in [6.07, 6.45) is 6.72. The predicted molar refractivity (Wildman–Crippen MR) is 98.0 cm³/mol. The molecule has 0 aliphatic carbocycles. The lowest BCUT2D eigenvalue weighted by atomic mass is 10.0. The molecule has 25 heavy (non-hydrogen) atoms. The molecule has 0 saturated carbocycles. The van der Waals surface area contributed by atoms with Crippen LogP contribution in [0.3, 0.4) is 0 Å². The minimum absolute atomic E-state index is 0.111. The number of ether oxygens (including phenoxy) is 1. The number of nitrogens with zero attached hydrogens (tertiary/aromatic N) is 3. The van der Waals surface area contributed by atoms with Gasteiger partial charge in [0.25, 0.3) is 5.91 Å². The molecule has 3 rings (SSSR count). The normalized spacial score (nSPS) is 17.6. The summed E-state index contributed by atoms with van der Waals surface area (Å²) in [6, 6.07) is 11.3. The summed E-state index contributed by atoms with van der Waals surface area (Å²) in [5, 5.41) is 0. The summed E-state index contributed by atoms with van der Waals surface area (Å²) >= 11 is 0. The van der Waals surface area contributed by atoms with Gasteiger partial charge in [0.15, 0.2) is 0 Å². The van der Waals surface area contributed by atoms with Gasteiger partial charge >= 0.3 is 0 Å². The Morgan fingerprint density at radius 2 is 2.00 bits per heavy atom. The number of amides is 1. The minimum Gasteiger partial charge on any atom is -0.456 e. The van der Waals surface area contributed by atoms with Crippen LogP contribution < -0.4 is 4.74 Å². The fourth-order valence-corrected chi connectivity index (χ4v) is 3.25. The second-order valence-electron chi connectivity index (χ2n) is 6.73. The number of benzene rings is 1. The van der Waals surface area contributed by atoms with Crippen molar-refractivity contribution in [3.63, 3.8) is 0 Å². The maximum absolute atomic E-state index is 12.9. The van der Waals surface area contributed by atoms with Gasteiger partial charge in [-0.25, -0.2) is 0 Å². The number of aromatic nitrogens is 1. The zero-order chi connectivity index (χ0) is 17.6. The van der Waals surface area contributed by atoms with Crippen LogP contribution >= 0.6 is 0 Å². The van der Waals surface area contributed by atoms with Gasteiger partial charge in [-0.05, 0) is 69.8 Å². The first-order valence-electron chi connectivity index (χ1n) is 8.77. The van der Waals surface area contributed by atoms with Crippen LogP contribution in [0.1, 0.15) is 29.6 Å². The van der Waals surface area contributed by atoms with Crippen LogP contribution in [0.4, 0.5) is 0 Å². The van der Waals surface area contributed by atoms with Crippen LogP contribution in [0.2, 0.25) is 0 Å². The monoisotopic (exact) mass is 339 g/mol. The molecule has 5 heteroatoms. The zero-order valence-electron chi connectivity index (χ0n) is 14.9. The van der Waals surface area contributed by atoms with Crippen molar-refractivity contribution in [2.75, 3.05) is 27.2 Å². The molecule has 5 nitrogen and oxygen atoms in total. The lowest BCUT2D eigenvalue weighted by molar-refractivity contribution is 0.0575. The molecule has 2 heterocycles. The van der Waals surface area contributed by atoms with Crippen molar-refractivity contribution in [2.45, 2.75) is 25.3 Å². The molecule has 1 aromatic carbocycles. The standard InChI is InChI=1S/C20H25N3O2/c1-22(2)15-17-6-3-4-13-23(17)20(24)16-8-10-18(11-9-16)25-19-7-5-12-21-14-19/h5,7-12,14,17H,3-4,6,13,15H2,1-2H3/t17-/m1/s1. The molecule has 2 aromatic rings. The Morgan fingerprint density at radius 3 is 2.68 bits per heavy atom. The number of likely N-dealkylation sites (tertiary alicyclic amines) is 1. The van der Waals surface area contributed by atoms with Gasteiger partial charge in [0.2, 0.25) is 0 Å². The van der Waals surface area contributed by atoms with E-state index in [9.17, 15) is 4.79 Å². The minimum atomic E-state index is 0.111. The van der Waals surface area contributed by atoms with E-state index in [0.717, 1.165) is 25.9 Å². The van der Waals surface area contributed by atoms with Crippen LogP contribution in [-0.2, 0) is 0 Å². The molecule has 1 aromatic heterocycles. The second-order valence-corrected chi connectivity index (χ2v) is 6.73. The molecule has 1 aliphatic rings. The van der Waals surface area contributed by atoms with Gasteiger partial charge in [-0.1, -0.05) is 0 Å². The molecule has 132 valence electrons. The summed E-state index contributed by atoms with van der Waals surface area (Å²) in [5.74, 6) is 1.50. The Hall–Kier alpha value is -2.40. The molecule has 0 N–H and O–H groups in total. The quantitative estimate of drug-likeness (QED) is 0.837. The lowest BCUT2D eigenvalue weighted by Gasteiger charge is -2.37. The number of rotatable bonds is 5. The maximum atomic E-state index is 12.9.